The molecule has 17 heavy (non-hydrogen) atoms. The molecule has 0 bridgehead atoms. The number of ether oxygens (including phenoxy) is 1. The maximum atomic E-state index is 6.11. The number of rotatable bonds is 6. The van der Waals surface area contributed by atoms with Gasteiger partial charge in [0.25, 0.3) is 0 Å². The minimum Gasteiger partial charge on any atom is -0.378 e. The van der Waals surface area contributed by atoms with Crippen molar-refractivity contribution in [3.05, 3.63) is 0 Å². The van der Waals surface area contributed by atoms with E-state index in [1.54, 1.807) is 0 Å². The fraction of sp³-hybridized carbons (Fsp3) is 1.00. The molecule has 0 saturated carbocycles. The van der Waals surface area contributed by atoms with Crippen LogP contribution in [0, 0.1) is 10.8 Å². The second kappa shape index (κ2) is 6.75. The summed E-state index contributed by atoms with van der Waals surface area (Å²) in [6, 6.07) is 0. The Morgan fingerprint density at radius 3 is 1.88 bits per heavy atom. The van der Waals surface area contributed by atoms with E-state index < -0.39 is 0 Å². The van der Waals surface area contributed by atoms with Gasteiger partial charge in [0, 0.05) is 6.61 Å². The Kier molecular flexibility index (Phi) is 6.71. The van der Waals surface area contributed by atoms with Crippen LogP contribution < -0.4 is 0 Å². The van der Waals surface area contributed by atoms with Gasteiger partial charge in [-0.2, -0.15) is 0 Å². The molecule has 104 valence electrons. The summed E-state index contributed by atoms with van der Waals surface area (Å²) in [6.07, 6.45) is 2.59. The van der Waals surface area contributed by atoms with Crippen molar-refractivity contribution in [1.82, 2.24) is 4.90 Å². The maximum Gasteiger partial charge on any atom is 0.0628 e. The Morgan fingerprint density at radius 2 is 1.53 bits per heavy atom. The van der Waals surface area contributed by atoms with E-state index in [1.807, 2.05) is 0 Å². The average molecular weight is 243 g/mol. The van der Waals surface area contributed by atoms with E-state index in [9.17, 15) is 0 Å². The minimum atomic E-state index is 0.228. The summed E-state index contributed by atoms with van der Waals surface area (Å²) in [5, 5.41) is 0. The van der Waals surface area contributed by atoms with Gasteiger partial charge in [-0.3, -0.25) is 0 Å². The summed E-state index contributed by atoms with van der Waals surface area (Å²) in [4.78, 5) is 2.21. The Hall–Kier alpha value is -0.0800. The molecule has 0 fully saturated rings. The highest BCUT2D eigenvalue weighted by molar-refractivity contribution is 4.79. The van der Waals surface area contributed by atoms with E-state index in [-0.39, 0.29) is 5.41 Å². The lowest BCUT2D eigenvalue weighted by Gasteiger charge is -2.35. The monoisotopic (exact) mass is 243 g/mol. The van der Waals surface area contributed by atoms with Crippen LogP contribution in [-0.4, -0.2) is 38.3 Å². The molecule has 0 rings (SSSR count). The van der Waals surface area contributed by atoms with Crippen LogP contribution in [0.5, 0.6) is 0 Å². The normalized spacial score (nSPS) is 15.4. The van der Waals surface area contributed by atoms with Crippen LogP contribution in [0.25, 0.3) is 0 Å². The van der Waals surface area contributed by atoms with E-state index in [0.29, 0.717) is 11.5 Å². The fourth-order valence-corrected chi connectivity index (χ4v) is 1.78. The molecule has 0 aliphatic carbocycles. The Balaban J connectivity index is 4.14. The quantitative estimate of drug-likeness (QED) is 0.658. The van der Waals surface area contributed by atoms with E-state index in [2.05, 4.69) is 60.5 Å². The van der Waals surface area contributed by atoms with Crippen LogP contribution in [0.15, 0.2) is 0 Å². The molecular formula is C15H33NO. The van der Waals surface area contributed by atoms with Gasteiger partial charge < -0.3 is 9.64 Å². The van der Waals surface area contributed by atoms with Crippen molar-refractivity contribution in [3.8, 4) is 0 Å². The molecule has 0 radical (unpaired) electrons. The molecule has 1 unspecified atom stereocenters. The lowest BCUT2D eigenvalue weighted by Crippen LogP contribution is -2.34. The summed E-state index contributed by atoms with van der Waals surface area (Å²) in [5.41, 5.74) is 0.560. The second-order valence-electron chi connectivity index (χ2n) is 7.65. The molecule has 0 heterocycles. The SMILES string of the molecule is CN(C)CCCOC(CC(C)(C)C)C(C)(C)C. The molecule has 2 nitrogen and oxygen atoms in total. The van der Waals surface area contributed by atoms with E-state index in [4.69, 9.17) is 4.74 Å². The van der Waals surface area contributed by atoms with E-state index in [1.165, 1.54) is 0 Å². The van der Waals surface area contributed by atoms with Crippen molar-refractivity contribution < 1.29 is 4.74 Å². The standard InChI is InChI=1S/C15H33NO/c1-14(2,3)12-13(15(4,5)6)17-11-9-10-16(7)8/h13H,9-12H2,1-8H3. The molecule has 1 atom stereocenters. The second-order valence-corrected chi connectivity index (χ2v) is 7.65. The first kappa shape index (κ1) is 16.9. The summed E-state index contributed by atoms with van der Waals surface area (Å²) in [7, 11) is 4.22. The van der Waals surface area contributed by atoms with Crippen LogP contribution in [0.2, 0.25) is 0 Å². The molecule has 0 aromatic heterocycles. The lowest BCUT2D eigenvalue weighted by atomic mass is 9.78. The van der Waals surface area contributed by atoms with Gasteiger partial charge in [-0.15, -0.1) is 0 Å². The van der Waals surface area contributed by atoms with Crippen molar-refractivity contribution in [3.63, 3.8) is 0 Å². The molecule has 2 heteroatoms. The predicted octanol–water partition coefficient (Wildman–Crippen LogP) is 3.81. The first-order valence-corrected chi connectivity index (χ1v) is 6.79. The number of nitrogens with zero attached hydrogens (tertiary/aromatic N) is 1. The number of hydrogen-bond donors (Lipinski definition) is 0. The summed E-state index contributed by atoms with van der Waals surface area (Å²) in [6.45, 7) is 15.7. The van der Waals surface area contributed by atoms with Gasteiger partial charge in [0.2, 0.25) is 0 Å². The van der Waals surface area contributed by atoms with E-state index >= 15 is 0 Å². The first-order valence-electron chi connectivity index (χ1n) is 6.79. The van der Waals surface area contributed by atoms with Crippen LogP contribution in [0.1, 0.15) is 54.4 Å². The summed E-state index contributed by atoms with van der Waals surface area (Å²) >= 11 is 0. The molecule has 0 aliphatic rings. The maximum absolute atomic E-state index is 6.11. The largest absolute Gasteiger partial charge is 0.378 e. The van der Waals surface area contributed by atoms with Crippen molar-refractivity contribution in [2.24, 2.45) is 10.8 Å². The van der Waals surface area contributed by atoms with Gasteiger partial charge in [-0.1, -0.05) is 41.5 Å². The molecular weight excluding hydrogens is 210 g/mol. The van der Waals surface area contributed by atoms with Gasteiger partial charge in [-0.05, 0) is 44.3 Å². The van der Waals surface area contributed by atoms with Crippen molar-refractivity contribution in [1.29, 1.82) is 0 Å². The zero-order valence-corrected chi connectivity index (χ0v) is 13.3. The average Bonchev–Trinajstić information content (AvgIpc) is 2.06. The molecule has 0 saturated heterocycles. The first-order chi connectivity index (χ1) is 7.52. The van der Waals surface area contributed by atoms with Crippen LogP contribution >= 0.6 is 0 Å². The summed E-state index contributed by atoms with van der Waals surface area (Å²) in [5.74, 6) is 0. The molecule has 0 amide bonds. The minimum absolute atomic E-state index is 0.228. The highest BCUT2D eigenvalue weighted by Crippen LogP contribution is 2.32. The highest BCUT2D eigenvalue weighted by atomic mass is 16.5. The third-order valence-electron chi connectivity index (χ3n) is 2.83. The van der Waals surface area contributed by atoms with Crippen molar-refractivity contribution >= 4 is 0 Å². The van der Waals surface area contributed by atoms with Crippen molar-refractivity contribution in [2.75, 3.05) is 27.2 Å². The Morgan fingerprint density at radius 1 is 1.00 bits per heavy atom. The zero-order chi connectivity index (χ0) is 13.7. The molecule has 0 N–H and O–H groups in total. The fourth-order valence-electron chi connectivity index (χ4n) is 1.78. The smallest absolute Gasteiger partial charge is 0.0628 e. The predicted molar refractivity (Wildman–Crippen MR) is 76.4 cm³/mol. The Bertz CT molecular complexity index is 198. The lowest BCUT2D eigenvalue weighted by molar-refractivity contribution is -0.0421. The van der Waals surface area contributed by atoms with E-state index in [0.717, 1.165) is 26.0 Å². The van der Waals surface area contributed by atoms with Crippen LogP contribution in [-0.2, 0) is 4.74 Å². The van der Waals surface area contributed by atoms with Crippen LogP contribution in [0.3, 0.4) is 0 Å². The molecule has 0 aromatic carbocycles. The molecule has 0 aliphatic heterocycles. The van der Waals surface area contributed by atoms with Crippen molar-refractivity contribution in [2.45, 2.75) is 60.5 Å². The highest BCUT2D eigenvalue weighted by Gasteiger charge is 2.29. The summed E-state index contributed by atoms with van der Waals surface area (Å²) < 4.78 is 6.11. The van der Waals surface area contributed by atoms with Gasteiger partial charge in [0.05, 0.1) is 6.10 Å². The molecule has 0 spiro atoms. The Labute approximate surface area is 109 Å². The van der Waals surface area contributed by atoms with Crippen LogP contribution in [0.4, 0.5) is 0 Å². The number of hydrogen-bond acceptors (Lipinski definition) is 2. The van der Waals surface area contributed by atoms with Gasteiger partial charge in [0.15, 0.2) is 0 Å². The van der Waals surface area contributed by atoms with Gasteiger partial charge in [-0.25, -0.2) is 0 Å². The zero-order valence-electron chi connectivity index (χ0n) is 13.3. The van der Waals surface area contributed by atoms with Gasteiger partial charge >= 0.3 is 0 Å². The molecule has 0 aromatic rings. The third-order valence-corrected chi connectivity index (χ3v) is 2.83. The topological polar surface area (TPSA) is 12.5 Å². The third kappa shape index (κ3) is 9.61. The van der Waals surface area contributed by atoms with Gasteiger partial charge in [0.1, 0.15) is 0 Å².